The normalized spacial score (nSPS) is 14.9. The van der Waals surface area contributed by atoms with Crippen molar-refractivity contribution in [2.75, 3.05) is 0 Å². The molecule has 0 aromatic heterocycles. The first-order valence-corrected chi connectivity index (χ1v) is 13.5. The summed E-state index contributed by atoms with van der Waals surface area (Å²) in [6.45, 7) is 8.40. The highest BCUT2D eigenvalue weighted by atomic mass is 16.5. The molecule has 0 N–H and O–H groups in total. The zero-order valence-corrected chi connectivity index (χ0v) is 21.6. The van der Waals surface area contributed by atoms with Crippen LogP contribution in [0, 0.1) is 11.8 Å². The maximum absolute atomic E-state index is 13.2. The highest BCUT2D eigenvalue weighted by Gasteiger charge is 2.29. The molecule has 2 aromatic rings. The summed E-state index contributed by atoms with van der Waals surface area (Å²) in [7, 11) is 0. The third-order valence-electron chi connectivity index (χ3n) is 7.30. The Morgan fingerprint density at radius 3 is 1.50 bits per heavy atom. The van der Waals surface area contributed by atoms with E-state index in [0.29, 0.717) is 11.5 Å². The van der Waals surface area contributed by atoms with Gasteiger partial charge in [-0.1, -0.05) is 77.6 Å². The van der Waals surface area contributed by atoms with Gasteiger partial charge in [-0.3, -0.25) is 9.59 Å². The van der Waals surface area contributed by atoms with E-state index in [1.807, 2.05) is 24.3 Å². The van der Waals surface area contributed by atoms with Gasteiger partial charge in [-0.2, -0.15) is 0 Å². The van der Waals surface area contributed by atoms with E-state index < -0.39 is 0 Å². The van der Waals surface area contributed by atoms with Crippen LogP contribution in [0.5, 0.6) is 11.5 Å². The minimum absolute atomic E-state index is 0.0839. The Balaban J connectivity index is 2.03. The first-order chi connectivity index (χ1) is 16.5. The number of fused-ring (bicyclic) bond motifs is 2. The molecule has 0 amide bonds. The van der Waals surface area contributed by atoms with Gasteiger partial charge < -0.3 is 9.47 Å². The van der Waals surface area contributed by atoms with Gasteiger partial charge in [-0.05, 0) is 51.4 Å². The maximum atomic E-state index is 13.2. The lowest BCUT2D eigenvalue weighted by atomic mass is 9.87. The molecule has 1 aliphatic rings. The summed E-state index contributed by atoms with van der Waals surface area (Å²) in [5.41, 5.74) is 2.10. The first kappa shape index (κ1) is 26.2. The first-order valence-electron chi connectivity index (χ1n) is 13.5. The van der Waals surface area contributed by atoms with Crippen LogP contribution in [0.1, 0.15) is 103 Å². The van der Waals surface area contributed by atoms with Crippen LogP contribution in [-0.4, -0.2) is 11.9 Å². The topological polar surface area (TPSA) is 52.6 Å². The van der Waals surface area contributed by atoms with Crippen LogP contribution in [-0.2, 0) is 22.4 Å². The highest BCUT2D eigenvalue weighted by Crippen LogP contribution is 2.45. The molecule has 1 aliphatic carbocycles. The molecule has 186 valence electrons. The van der Waals surface area contributed by atoms with Crippen LogP contribution in [0.3, 0.4) is 0 Å². The van der Waals surface area contributed by atoms with E-state index in [1.165, 1.54) is 0 Å². The Morgan fingerprint density at radius 1 is 0.735 bits per heavy atom. The number of ether oxygens (including phenoxy) is 2. The molecule has 34 heavy (non-hydrogen) atoms. The second kappa shape index (κ2) is 12.9. The lowest BCUT2D eigenvalue weighted by molar-refractivity contribution is -0.140. The molecule has 0 aliphatic heterocycles. The third kappa shape index (κ3) is 6.00. The number of carbonyl (C=O) groups is 2. The van der Waals surface area contributed by atoms with E-state index in [2.05, 4.69) is 27.7 Å². The van der Waals surface area contributed by atoms with Crippen LogP contribution >= 0.6 is 0 Å². The van der Waals surface area contributed by atoms with Crippen LogP contribution in [0.4, 0.5) is 0 Å². The van der Waals surface area contributed by atoms with Crippen molar-refractivity contribution < 1.29 is 19.1 Å². The Kier molecular flexibility index (Phi) is 9.98. The molecule has 2 unspecified atom stereocenters. The van der Waals surface area contributed by atoms with Crippen LogP contribution in [0.15, 0.2) is 24.3 Å². The summed E-state index contributed by atoms with van der Waals surface area (Å²) < 4.78 is 12.4. The molecule has 4 heteroatoms. The molecular weight excluding hydrogens is 424 g/mol. The fourth-order valence-electron chi connectivity index (χ4n) is 5.09. The van der Waals surface area contributed by atoms with Crippen LogP contribution in [0.25, 0.3) is 10.8 Å². The number of unbranched alkanes of at least 4 members (excludes halogenated alkanes) is 2. The Bertz CT molecular complexity index is 899. The van der Waals surface area contributed by atoms with E-state index in [4.69, 9.17) is 9.47 Å². The van der Waals surface area contributed by atoms with E-state index in [9.17, 15) is 9.59 Å². The molecule has 0 fully saturated rings. The zero-order valence-electron chi connectivity index (χ0n) is 21.6. The number of esters is 2. The second-order valence-electron chi connectivity index (χ2n) is 9.71. The fraction of sp³-hybridized carbons (Fsp3) is 0.600. The molecule has 0 spiro atoms. The van der Waals surface area contributed by atoms with Gasteiger partial charge in [0, 0.05) is 21.9 Å². The van der Waals surface area contributed by atoms with Crippen molar-refractivity contribution in [1.29, 1.82) is 0 Å². The lowest BCUT2D eigenvalue weighted by Gasteiger charge is -2.26. The SMILES string of the molecule is CCCCC(CC)C(=O)Oc1c2c(c(OC(=O)C(CC)CCCC)c3ccccc13)CCCC2. The molecule has 0 radical (unpaired) electrons. The monoisotopic (exact) mass is 466 g/mol. The lowest BCUT2D eigenvalue weighted by Crippen LogP contribution is -2.23. The van der Waals surface area contributed by atoms with E-state index in [-0.39, 0.29) is 23.8 Å². The molecule has 0 saturated carbocycles. The van der Waals surface area contributed by atoms with E-state index in [1.54, 1.807) is 0 Å². The third-order valence-corrected chi connectivity index (χ3v) is 7.30. The average Bonchev–Trinajstić information content (AvgIpc) is 2.86. The number of hydrogen-bond donors (Lipinski definition) is 0. The largest absolute Gasteiger partial charge is 0.425 e. The van der Waals surface area contributed by atoms with Crippen molar-refractivity contribution in [2.45, 2.75) is 105 Å². The summed E-state index contributed by atoms with van der Waals surface area (Å²) in [5.74, 6) is 0.929. The summed E-state index contributed by atoms with van der Waals surface area (Å²) in [5, 5.41) is 1.73. The van der Waals surface area contributed by atoms with Gasteiger partial charge in [0.1, 0.15) is 11.5 Å². The Labute approximate surface area is 205 Å². The van der Waals surface area contributed by atoms with Crippen molar-refractivity contribution in [3.8, 4) is 11.5 Å². The van der Waals surface area contributed by atoms with Gasteiger partial charge >= 0.3 is 11.9 Å². The molecule has 4 nitrogen and oxygen atoms in total. The van der Waals surface area contributed by atoms with Gasteiger partial charge in [0.05, 0.1) is 11.8 Å². The van der Waals surface area contributed by atoms with Gasteiger partial charge in [0.2, 0.25) is 0 Å². The van der Waals surface area contributed by atoms with Crippen molar-refractivity contribution in [2.24, 2.45) is 11.8 Å². The van der Waals surface area contributed by atoms with Crippen molar-refractivity contribution in [3.63, 3.8) is 0 Å². The highest BCUT2D eigenvalue weighted by molar-refractivity contribution is 5.99. The molecule has 0 heterocycles. The molecule has 2 aromatic carbocycles. The number of rotatable bonds is 12. The smallest absolute Gasteiger partial charge is 0.314 e. The Hall–Kier alpha value is -2.36. The molecule has 3 rings (SSSR count). The minimum atomic E-state index is -0.135. The fourth-order valence-corrected chi connectivity index (χ4v) is 5.09. The number of carbonyl (C=O) groups excluding carboxylic acids is 2. The van der Waals surface area contributed by atoms with E-state index in [0.717, 1.165) is 98.9 Å². The standard InChI is InChI=1S/C30H42O4/c1-5-9-15-21(7-3)29(31)33-27-23-17-11-13-19-25(23)28(26-20-14-12-18-24(26)27)34-30(32)22(8-4)16-10-6-2/h11,13,17,19,21-22H,5-10,12,14-16,18,20H2,1-4H3. The molecule has 2 atom stereocenters. The minimum Gasteiger partial charge on any atom is -0.425 e. The molecule has 0 saturated heterocycles. The molecule has 0 bridgehead atoms. The quantitative estimate of drug-likeness (QED) is 0.235. The summed E-state index contributed by atoms with van der Waals surface area (Å²) >= 11 is 0. The Morgan fingerprint density at radius 2 is 1.15 bits per heavy atom. The van der Waals surface area contributed by atoms with Gasteiger partial charge in [0.15, 0.2) is 0 Å². The maximum Gasteiger partial charge on any atom is 0.314 e. The van der Waals surface area contributed by atoms with Crippen LogP contribution in [0.2, 0.25) is 0 Å². The van der Waals surface area contributed by atoms with Crippen molar-refractivity contribution in [1.82, 2.24) is 0 Å². The summed E-state index contributed by atoms with van der Waals surface area (Å²) in [6.07, 6.45) is 11.2. The van der Waals surface area contributed by atoms with Gasteiger partial charge in [-0.25, -0.2) is 0 Å². The number of hydrogen-bond acceptors (Lipinski definition) is 4. The predicted molar refractivity (Wildman–Crippen MR) is 138 cm³/mol. The van der Waals surface area contributed by atoms with E-state index >= 15 is 0 Å². The number of benzene rings is 2. The van der Waals surface area contributed by atoms with Crippen molar-refractivity contribution in [3.05, 3.63) is 35.4 Å². The van der Waals surface area contributed by atoms with Crippen LogP contribution < -0.4 is 9.47 Å². The van der Waals surface area contributed by atoms with Gasteiger partial charge in [-0.15, -0.1) is 0 Å². The predicted octanol–water partition coefficient (Wildman–Crippen LogP) is 7.96. The average molecular weight is 467 g/mol. The zero-order chi connectivity index (χ0) is 24.5. The summed E-state index contributed by atoms with van der Waals surface area (Å²) in [4.78, 5) is 26.3. The van der Waals surface area contributed by atoms with Gasteiger partial charge in [0.25, 0.3) is 0 Å². The molecular formula is C30H42O4. The van der Waals surface area contributed by atoms with Crippen molar-refractivity contribution >= 4 is 22.7 Å². The summed E-state index contributed by atoms with van der Waals surface area (Å²) in [6, 6.07) is 7.91. The second-order valence-corrected chi connectivity index (χ2v) is 9.71.